The summed E-state index contributed by atoms with van der Waals surface area (Å²) in [4.78, 5) is 33.0. The molecule has 0 fully saturated rings. The van der Waals surface area contributed by atoms with Gasteiger partial charge < -0.3 is 14.6 Å². The van der Waals surface area contributed by atoms with Gasteiger partial charge in [0, 0.05) is 32.4 Å². The van der Waals surface area contributed by atoms with Crippen molar-refractivity contribution in [2.24, 2.45) is 10.9 Å². The predicted molar refractivity (Wildman–Crippen MR) is 148 cm³/mol. The Morgan fingerprint density at radius 2 is 1.88 bits per heavy atom. The molecule has 0 aromatic heterocycles. The minimum Gasteiger partial charge on any atom is -0.494 e. The van der Waals surface area contributed by atoms with Crippen molar-refractivity contribution >= 4 is 17.8 Å². The summed E-state index contributed by atoms with van der Waals surface area (Å²) in [6.45, 7) is 0.160. The van der Waals surface area contributed by atoms with E-state index in [9.17, 15) is 27.9 Å². The summed E-state index contributed by atoms with van der Waals surface area (Å²) >= 11 is 0. The van der Waals surface area contributed by atoms with Crippen LogP contribution in [0.3, 0.4) is 0 Å². The van der Waals surface area contributed by atoms with Gasteiger partial charge in [-0.3, -0.25) is 4.74 Å². The molecule has 0 saturated heterocycles. The van der Waals surface area contributed by atoms with Crippen molar-refractivity contribution in [1.82, 2.24) is 4.90 Å². The molecule has 2 aliphatic heterocycles. The fourth-order valence-corrected chi connectivity index (χ4v) is 5.39. The van der Waals surface area contributed by atoms with E-state index in [1.165, 1.54) is 17.1 Å². The molecule has 0 spiro atoms. The lowest BCUT2D eigenvalue weighted by Gasteiger charge is -2.37. The maximum Gasteiger partial charge on any atom is 0.523 e. The van der Waals surface area contributed by atoms with Crippen molar-refractivity contribution in [3.05, 3.63) is 71.3 Å². The number of hydrogen-bond acceptors (Lipinski definition) is 7. The van der Waals surface area contributed by atoms with Gasteiger partial charge in [0.1, 0.15) is 18.8 Å². The largest absolute Gasteiger partial charge is 0.523 e. The third-order valence-corrected chi connectivity index (χ3v) is 7.62. The van der Waals surface area contributed by atoms with Gasteiger partial charge in [0.15, 0.2) is 11.7 Å². The lowest BCUT2D eigenvalue weighted by atomic mass is 9.93. The maximum atomic E-state index is 13.6. The van der Waals surface area contributed by atoms with Crippen LogP contribution in [0, 0.1) is 5.92 Å². The Kier molecular flexibility index (Phi) is 10.2. The van der Waals surface area contributed by atoms with Crippen LogP contribution in [0.25, 0.3) is 0 Å². The molecule has 1 aliphatic carbocycles. The Balaban J connectivity index is 1.48. The number of imide groups is 1. The van der Waals surface area contributed by atoms with E-state index in [-0.39, 0.29) is 50.4 Å². The van der Waals surface area contributed by atoms with Crippen LogP contribution in [0.15, 0.2) is 70.7 Å². The zero-order valence-electron chi connectivity index (χ0n) is 23.8. The fraction of sp³-hybridized carbons (Fsp3) is 0.500. The van der Waals surface area contributed by atoms with Gasteiger partial charge in [0.05, 0.1) is 25.5 Å². The molecule has 2 heterocycles. The molecular formula is C30H37F3N3O6+. The second-order valence-corrected chi connectivity index (χ2v) is 10.7. The highest BCUT2D eigenvalue weighted by molar-refractivity contribution is 6.00. The molecule has 1 aromatic carbocycles. The molecule has 3 unspecified atom stereocenters. The van der Waals surface area contributed by atoms with Crippen molar-refractivity contribution in [3.8, 4) is 0 Å². The van der Waals surface area contributed by atoms with Gasteiger partial charge >= 0.3 is 18.3 Å². The molecule has 4 rings (SSSR count). The van der Waals surface area contributed by atoms with Crippen LogP contribution < -0.4 is 0 Å². The number of benzene rings is 1. The molecule has 3 atom stereocenters. The Labute approximate surface area is 243 Å². The van der Waals surface area contributed by atoms with E-state index in [1.54, 1.807) is 20.2 Å². The molecule has 0 bridgehead atoms. The lowest BCUT2D eigenvalue weighted by Crippen LogP contribution is -2.62. The first-order chi connectivity index (χ1) is 20.0. The summed E-state index contributed by atoms with van der Waals surface area (Å²) in [6, 6.07) is 9.52. The van der Waals surface area contributed by atoms with Gasteiger partial charge in [-0.05, 0) is 37.3 Å². The van der Waals surface area contributed by atoms with Crippen LogP contribution in [0.2, 0.25) is 0 Å². The van der Waals surface area contributed by atoms with E-state index in [1.807, 2.05) is 30.3 Å². The average Bonchev–Trinajstić information content (AvgIpc) is 3.14. The van der Waals surface area contributed by atoms with Crippen LogP contribution in [-0.2, 0) is 25.4 Å². The normalized spacial score (nSPS) is 24.7. The smallest absolute Gasteiger partial charge is 0.494 e. The number of carbonyl (C=O) groups is 2. The summed E-state index contributed by atoms with van der Waals surface area (Å²) < 4.78 is 53.2. The highest BCUT2D eigenvalue weighted by atomic mass is 19.4. The molecule has 9 nitrogen and oxygen atoms in total. The minimum absolute atomic E-state index is 0.0541. The van der Waals surface area contributed by atoms with Crippen molar-refractivity contribution in [2.45, 2.75) is 51.0 Å². The number of quaternary nitrogens is 1. The number of aliphatic hydroxyl groups is 1. The Bertz CT molecular complexity index is 1260. The number of aryl methyl sites for hydroxylation is 1. The second-order valence-electron chi connectivity index (χ2n) is 10.7. The van der Waals surface area contributed by atoms with Crippen molar-refractivity contribution < 1.29 is 46.6 Å². The quantitative estimate of drug-likeness (QED) is 0.292. The zero-order chi connectivity index (χ0) is 30.3. The van der Waals surface area contributed by atoms with Gasteiger partial charge in [0.25, 0.3) is 0 Å². The summed E-state index contributed by atoms with van der Waals surface area (Å²) in [6.07, 6.45) is 1.12. The minimum atomic E-state index is -4.75. The molecule has 3 amide bonds. The van der Waals surface area contributed by atoms with Gasteiger partial charge in [-0.1, -0.05) is 42.5 Å². The predicted octanol–water partition coefficient (Wildman–Crippen LogP) is 4.84. The van der Waals surface area contributed by atoms with E-state index in [0.717, 1.165) is 12.0 Å². The number of likely N-dealkylation sites (N-methyl/N-ethyl adjacent to an activating group) is 1. The number of allylic oxidation sites excluding steroid dienone is 2. The van der Waals surface area contributed by atoms with E-state index in [4.69, 9.17) is 14.5 Å². The molecule has 1 N–H and O–H groups in total. The zero-order valence-corrected chi connectivity index (χ0v) is 23.8. The Hall–Kier alpha value is -3.48. The van der Waals surface area contributed by atoms with Crippen molar-refractivity contribution in [3.63, 3.8) is 0 Å². The summed E-state index contributed by atoms with van der Waals surface area (Å²) in [5, 5.41) is 9.33. The van der Waals surface area contributed by atoms with Gasteiger partial charge in [-0.25, -0.2) is 14.5 Å². The number of aliphatic hydroxyl groups excluding tert-OH is 1. The standard InChI is InChI=1S/C30H37F3N3O6/c1-35-26-25(28(38)36(2,29(35)39)16-7-17-37)15-14-22(13-12-21-8-4-3-5-9-21)27(34-26)41-19-18-40-23-10-6-11-24(20-23)42-30(31,32)33/h3-6,8-11,22,24,37H,7,12-20H2,1-2H3/q+1. The average molecular weight is 593 g/mol. The number of hydrogen-bond donors (Lipinski definition) is 1. The number of amides is 3. The SMILES string of the molecule is CN1C(=O)[N+](C)(CCCO)C(=O)C2=C1N=C(OCCOC1=CC=CC(OC(F)(F)F)C1)C(CCc1ccccc1)CC2. The van der Waals surface area contributed by atoms with E-state index in [2.05, 4.69) is 4.74 Å². The van der Waals surface area contributed by atoms with E-state index < -0.39 is 23.0 Å². The number of carbonyl (C=O) groups excluding carboxylic acids is 2. The number of halogens is 3. The number of alkyl halides is 3. The van der Waals surface area contributed by atoms with Crippen LogP contribution in [0.5, 0.6) is 0 Å². The van der Waals surface area contributed by atoms with Crippen LogP contribution >= 0.6 is 0 Å². The first-order valence-electron chi connectivity index (χ1n) is 14.0. The fourth-order valence-electron chi connectivity index (χ4n) is 5.39. The first-order valence-corrected chi connectivity index (χ1v) is 14.0. The van der Waals surface area contributed by atoms with Gasteiger partial charge in [-0.15, -0.1) is 13.2 Å². The summed E-state index contributed by atoms with van der Waals surface area (Å²) in [5.41, 5.74) is 1.60. The van der Waals surface area contributed by atoms with Crippen LogP contribution in [0.4, 0.5) is 18.0 Å². The first kappa shape index (κ1) is 31.5. The van der Waals surface area contributed by atoms with Crippen molar-refractivity contribution in [1.29, 1.82) is 0 Å². The Morgan fingerprint density at radius 1 is 1.14 bits per heavy atom. The number of aliphatic imine (C=N–C) groups is 1. The van der Waals surface area contributed by atoms with E-state index in [0.29, 0.717) is 42.9 Å². The van der Waals surface area contributed by atoms with Gasteiger partial charge in [0.2, 0.25) is 0 Å². The summed E-state index contributed by atoms with van der Waals surface area (Å²) in [5.74, 6) is 0.505. The molecule has 228 valence electrons. The molecule has 0 radical (unpaired) electrons. The monoisotopic (exact) mass is 592 g/mol. The van der Waals surface area contributed by atoms with Crippen LogP contribution in [-0.4, -0.2) is 85.3 Å². The molecule has 0 saturated carbocycles. The highest BCUT2D eigenvalue weighted by Crippen LogP contribution is 2.35. The topological polar surface area (TPSA) is 97.7 Å². The second kappa shape index (κ2) is 13.7. The van der Waals surface area contributed by atoms with Crippen molar-refractivity contribution in [2.75, 3.05) is 40.5 Å². The summed E-state index contributed by atoms with van der Waals surface area (Å²) in [7, 11) is 3.15. The molecule has 1 aromatic rings. The molecule has 42 heavy (non-hydrogen) atoms. The number of nitrogens with zero attached hydrogens (tertiary/aromatic N) is 3. The number of rotatable bonds is 11. The van der Waals surface area contributed by atoms with Gasteiger partial charge in [-0.2, -0.15) is 9.48 Å². The third kappa shape index (κ3) is 7.67. The number of urea groups is 1. The highest BCUT2D eigenvalue weighted by Gasteiger charge is 2.51. The van der Waals surface area contributed by atoms with E-state index >= 15 is 0 Å². The lowest BCUT2D eigenvalue weighted by molar-refractivity contribution is -0.755. The Morgan fingerprint density at radius 3 is 2.60 bits per heavy atom. The molecule has 3 aliphatic rings. The number of ether oxygens (including phenoxy) is 3. The molecular weight excluding hydrogens is 555 g/mol. The molecule has 12 heteroatoms. The maximum absolute atomic E-state index is 13.6. The van der Waals surface area contributed by atoms with Crippen LogP contribution in [0.1, 0.15) is 37.7 Å². The third-order valence-electron chi connectivity index (χ3n) is 7.62.